The van der Waals surface area contributed by atoms with E-state index in [4.69, 9.17) is 0 Å². The largest absolute Gasteiger partial charge is 0.140 e. The fraction of sp³-hybridized carbons (Fsp3) is 0.333. The summed E-state index contributed by atoms with van der Waals surface area (Å²) in [6, 6.07) is 14.6. The Kier molecular flexibility index (Phi) is 4.71. The van der Waals surface area contributed by atoms with Crippen LogP contribution in [-0.2, 0) is 12.8 Å². The van der Waals surface area contributed by atoms with Gasteiger partial charge in [0.25, 0.3) is 0 Å². The van der Waals surface area contributed by atoms with Gasteiger partial charge in [-0.15, -0.1) is 34.0 Å². The first-order valence-corrected chi connectivity index (χ1v) is 12.5. The second-order valence-corrected chi connectivity index (χ2v) is 10.9. The summed E-state index contributed by atoms with van der Waals surface area (Å²) in [5.74, 6) is 0. The van der Waals surface area contributed by atoms with Crippen LogP contribution in [0, 0.1) is 0 Å². The molecular formula is C24H24S3. The standard InChI is InChI=1S/C24H24S3/c1-3-5-7-17-9-15-11-23-19(13-21(15)25-17)20-14-22-16(12-24(20)27-23)10-18(26-22)8-6-4-2/h9-14H,3-8H2,1-2H3. The van der Waals surface area contributed by atoms with Gasteiger partial charge in [0.05, 0.1) is 0 Å². The van der Waals surface area contributed by atoms with E-state index in [-0.39, 0.29) is 0 Å². The molecule has 0 saturated heterocycles. The maximum absolute atomic E-state index is 2.45. The number of aryl methyl sites for hydroxylation is 2. The first-order chi connectivity index (χ1) is 13.2. The van der Waals surface area contributed by atoms with E-state index in [1.807, 2.05) is 34.0 Å². The SMILES string of the molecule is CCCCc1cc2cc3sc4cc5cc(CCCC)sc5cc4c3cc2s1. The number of hydrogen-bond donors (Lipinski definition) is 0. The Morgan fingerprint density at radius 1 is 0.556 bits per heavy atom. The van der Waals surface area contributed by atoms with Crippen LogP contribution in [-0.4, -0.2) is 0 Å². The van der Waals surface area contributed by atoms with Crippen molar-refractivity contribution in [2.45, 2.75) is 52.4 Å². The highest BCUT2D eigenvalue weighted by Gasteiger charge is 2.11. The third-order valence-corrected chi connectivity index (χ3v) is 8.83. The molecule has 0 aliphatic carbocycles. The zero-order valence-corrected chi connectivity index (χ0v) is 18.4. The zero-order valence-electron chi connectivity index (χ0n) is 15.9. The van der Waals surface area contributed by atoms with E-state index >= 15 is 0 Å². The van der Waals surface area contributed by atoms with E-state index in [2.05, 4.69) is 50.2 Å². The van der Waals surface area contributed by atoms with Gasteiger partial charge in [-0.3, -0.25) is 0 Å². The summed E-state index contributed by atoms with van der Waals surface area (Å²) in [5.41, 5.74) is 0. The normalized spacial score (nSPS) is 12.2. The van der Waals surface area contributed by atoms with Crippen molar-refractivity contribution in [3.05, 3.63) is 46.2 Å². The van der Waals surface area contributed by atoms with Crippen molar-refractivity contribution >= 4 is 74.4 Å². The molecular weight excluding hydrogens is 384 g/mol. The van der Waals surface area contributed by atoms with Crippen molar-refractivity contribution in [3.8, 4) is 0 Å². The highest BCUT2D eigenvalue weighted by atomic mass is 32.1. The van der Waals surface area contributed by atoms with Crippen LogP contribution in [0.1, 0.15) is 49.3 Å². The van der Waals surface area contributed by atoms with Gasteiger partial charge in [-0.05, 0) is 72.9 Å². The highest BCUT2D eigenvalue weighted by Crippen LogP contribution is 2.41. The fourth-order valence-corrected chi connectivity index (χ4v) is 7.32. The first kappa shape index (κ1) is 17.7. The summed E-state index contributed by atoms with van der Waals surface area (Å²) >= 11 is 5.93. The van der Waals surface area contributed by atoms with Crippen LogP contribution >= 0.6 is 34.0 Å². The molecule has 0 nitrogen and oxygen atoms in total. The Hall–Kier alpha value is -1.42. The average molecular weight is 409 g/mol. The Bertz CT molecular complexity index is 1150. The third kappa shape index (κ3) is 3.20. The molecule has 0 spiro atoms. The summed E-state index contributed by atoms with van der Waals surface area (Å²) in [6.45, 7) is 4.54. The molecule has 0 amide bonds. The number of fused-ring (bicyclic) bond motifs is 5. The second kappa shape index (κ2) is 7.20. The lowest BCUT2D eigenvalue weighted by atomic mass is 10.1. The van der Waals surface area contributed by atoms with Crippen LogP contribution in [0.2, 0.25) is 0 Å². The average Bonchev–Trinajstić information content (AvgIpc) is 3.34. The number of thiophene rings is 3. The van der Waals surface area contributed by atoms with Crippen molar-refractivity contribution in [1.82, 2.24) is 0 Å². The number of unbranched alkanes of at least 4 members (excludes halogenated alkanes) is 2. The van der Waals surface area contributed by atoms with Gasteiger partial charge >= 0.3 is 0 Å². The predicted octanol–water partition coefficient (Wildman–Crippen LogP) is 9.17. The molecule has 0 N–H and O–H groups in total. The minimum atomic E-state index is 1.22. The number of benzene rings is 2. The van der Waals surface area contributed by atoms with Crippen molar-refractivity contribution < 1.29 is 0 Å². The van der Waals surface area contributed by atoms with Crippen LogP contribution in [0.5, 0.6) is 0 Å². The maximum atomic E-state index is 2.45. The first-order valence-electron chi connectivity index (χ1n) is 10.1. The van der Waals surface area contributed by atoms with Crippen molar-refractivity contribution in [3.63, 3.8) is 0 Å². The molecule has 3 heterocycles. The summed E-state index contributed by atoms with van der Waals surface area (Å²) in [4.78, 5) is 3.07. The van der Waals surface area contributed by atoms with Crippen LogP contribution in [0.3, 0.4) is 0 Å². The van der Waals surface area contributed by atoms with Crippen LogP contribution in [0.4, 0.5) is 0 Å². The van der Waals surface area contributed by atoms with Crippen molar-refractivity contribution in [1.29, 1.82) is 0 Å². The van der Waals surface area contributed by atoms with Gasteiger partial charge in [0.1, 0.15) is 0 Å². The van der Waals surface area contributed by atoms with E-state index in [1.165, 1.54) is 88.6 Å². The lowest BCUT2D eigenvalue weighted by Crippen LogP contribution is -1.76. The molecule has 0 fully saturated rings. The summed E-state index contributed by atoms with van der Waals surface area (Å²) < 4.78 is 5.76. The minimum absolute atomic E-state index is 1.22. The minimum Gasteiger partial charge on any atom is -0.140 e. The van der Waals surface area contributed by atoms with Crippen LogP contribution in [0.15, 0.2) is 36.4 Å². The molecule has 138 valence electrons. The second-order valence-electron chi connectivity index (χ2n) is 7.51. The molecule has 5 aromatic rings. The van der Waals surface area contributed by atoms with Gasteiger partial charge in [-0.2, -0.15) is 0 Å². The lowest BCUT2D eigenvalue weighted by Gasteiger charge is -1.94. The molecule has 0 bridgehead atoms. The van der Waals surface area contributed by atoms with Crippen LogP contribution < -0.4 is 0 Å². The molecule has 0 aliphatic rings. The van der Waals surface area contributed by atoms with Crippen molar-refractivity contribution in [2.24, 2.45) is 0 Å². The third-order valence-electron chi connectivity index (χ3n) is 5.40. The highest BCUT2D eigenvalue weighted by molar-refractivity contribution is 7.26. The van der Waals surface area contributed by atoms with E-state index in [0.717, 1.165) is 0 Å². The smallest absolute Gasteiger partial charge is 0.0362 e. The fourth-order valence-electron chi connectivity index (χ4n) is 3.90. The quantitative estimate of drug-likeness (QED) is 0.263. The van der Waals surface area contributed by atoms with Gasteiger partial charge < -0.3 is 0 Å². The van der Waals surface area contributed by atoms with E-state index in [0.29, 0.717) is 0 Å². The molecule has 3 heteroatoms. The Balaban J connectivity index is 1.63. The van der Waals surface area contributed by atoms with Gasteiger partial charge in [0.2, 0.25) is 0 Å². The molecule has 0 atom stereocenters. The zero-order chi connectivity index (χ0) is 18.4. The lowest BCUT2D eigenvalue weighted by molar-refractivity contribution is 0.804. The summed E-state index contributed by atoms with van der Waals surface area (Å²) in [5, 5.41) is 5.73. The van der Waals surface area contributed by atoms with E-state index in [9.17, 15) is 0 Å². The predicted molar refractivity (Wildman–Crippen MR) is 127 cm³/mol. The van der Waals surface area contributed by atoms with E-state index in [1.54, 1.807) is 0 Å². The van der Waals surface area contributed by atoms with Crippen LogP contribution in [0.25, 0.3) is 40.3 Å². The maximum Gasteiger partial charge on any atom is 0.0362 e. The number of rotatable bonds is 6. The molecule has 0 radical (unpaired) electrons. The molecule has 27 heavy (non-hydrogen) atoms. The summed E-state index contributed by atoms with van der Waals surface area (Å²) in [7, 11) is 0. The topological polar surface area (TPSA) is 0 Å². The molecule has 5 rings (SSSR count). The van der Waals surface area contributed by atoms with E-state index < -0.39 is 0 Å². The van der Waals surface area contributed by atoms with Gasteiger partial charge in [0.15, 0.2) is 0 Å². The molecule has 0 unspecified atom stereocenters. The van der Waals surface area contributed by atoms with Gasteiger partial charge in [-0.1, -0.05) is 26.7 Å². The van der Waals surface area contributed by atoms with Gasteiger partial charge in [0, 0.05) is 39.3 Å². The molecule has 3 aromatic heterocycles. The Morgan fingerprint density at radius 3 is 1.48 bits per heavy atom. The Labute approximate surface area is 172 Å². The number of hydrogen-bond acceptors (Lipinski definition) is 3. The monoisotopic (exact) mass is 408 g/mol. The van der Waals surface area contributed by atoms with Crippen molar-refractivity contribution in [2.75, 3.05) is 0 Å². The van der Waals surface area contributed by atoms with Gasteiger partial charge in [-0.25, -0.2) is 0 Å². The molecule has 2 aromatic carbocycles. The summed E-state index contributed by atoms with van der Waals surface area (Å²) in [6.07, 6.45) is 7.57. The molecule has 0 saturated carbocycles. The molecule has 0 aliphatic heterocycles. The Morgan fingerprint density at radius 2 is 1.04 bits per heavy atom.